The molecule has 0 spiro atoms. The van der Waals surface area contributed by atoms with Crippen molar-refractivity contribution in [2.45, 2.75) is 45.7 Å². The summed E-state index contributed by atoms with van der Waals surface area (Å²) in [6, 6.07) is 13.8. The Morgan fingerprint density at radius 3 is 2.50 bits per heavy atom. The lowest BCUT2D eigenvalue weighted by molar-refractivity contribution is -0.140. The molecular formula is C23H28Cl2N2O3. The van der Waals surface area contributed by atoms with Gasteiger partial charge in [0.1, 0.15) is 11.8 Å². The van der Waals surface area contributed by atoms with E-state index >= 15 is 0 Å². The summed E-state index contributed by atoms with van der Waals surface area (Å²) in [6.07, 6.45) is 1.65. The molecular weight excluding hydrogens is 423 g/mol. The van der Waals surface area contributed by atoms with Gasteiger partial charge >= 0.3 is 0 Å². The van der Waals surface area contributed by atoms with Gasteiger partial charge in [0.2, 0.25) is 11.8 Å². The Balaban J connectivity index is 1.97. The van der Waals surface area contributed by atoms with Gasteiger partial charge in [-0.2, -0.15) is 0 Å². The molecule has 0 radical (unpaired) electrons. The maximum atomic E-state index is 12.9. The van der Waals surface area contributed by atoms with Crippen LogP contribution in [0.2, 0.25) is 10.0 Å². The molecule has 0 bridgehead atoms. The van der Waals surface area contributed by atoms with Gasteiger partial charge < -0.3 is 15.0 Å². The van der Waals surface area contributed by atoms with Gasteiger partial charge in [0.05, 0.1) is 6.61 Å². The van der Waals surface area contributed by atoms with Crippen LogP contribution in [-0.4, -0.2) is 35.9 Å². The van der Waals surface area contributed by atoms with E-state index in [2.05, 4.69) is 5.32 Å². The number of carbonyl (C=O) groups is 2. The van der Waals surface area contributed by atoms with Crippen LogP contribution in [0.5, 0.6) is 5.75 Å². The van der Waals surface area contributed by atoms with Crippen LogP contribution in [0.4, 0.5) is 0 Å². The quantitative estimate of drug-likeness (QED) is 0.484. The summed E-state index contributed by atoms with van der Waals surface area (Å²) < 4.78 is 5.66. The zero-order valence-corrected chi connectivity index (χ0v) is 18.9. The maximum Gasteiger partial charge on any atom is 0.242 e. The highest BCUT2D eigenvalue weighted by atomic mass is 35.5. The molecule has 0 fully saturated rings. The van der Waals surface area contributed by atoms with Gasteiger partial charge in [0, 0.05) is 29.6 Å². The van der Waals surface area contributed by atoms with Gasteiger partial charge in [-0.05, 0) is 61.7 Å². The third-order valence-corrected chi connectivity index (χ3v) is 5.06. The minimum absolute atomic E-state index is 0.103. The van der Waals surface area contributed by atoms with Gasteiger partial charge in [-0.1, -0.05) is 42.3 Å². The van der Waals surface area contributed by atoms with Gasteiger partial charge in [-0.3, -0.25) is 9.59 Å². The molecule has 7 heteroatoms. The number of nitrogens with zero attached hydrogens (tertiary/aromatic N) is 1. The first kappa shape index (κ1) is 24.0. The van der Waals surface area contributed by atoms with Crippen LogP contribution < -0.4 is 10.1 Å². The van der Waals surface area contributed by atoms with Crippen LogP contribution in [0.1, 0.15) is 38.7 Å². The average molecular weight is 451 g/mol. The summed E-state index contributed by atoms with van der Waals surface area (Å²) in [7, 11) is 0. The molecule has 2 amide bonds. The topological polar surface area (TPSA) is 58.6 Å². The van der Waals surface area contributed by atoms with Crippen molar-refractivity contribution >= 4 is 35.0 Å². The van der Waals surface area contributed by atoms with Crippen molar-refractivity contribution in [3.05, 3.63) is 64.1 Å². The summed E-state index contributed by atoms with van der Waals surface area (Å²) in [5.74, 6) is 0.438. The summed E-state index contributed by atoms with van der Waals surface area (Å²) in [5.41, 5.74) is 0.878. The second kappa shape index (κ2) is 12.5. The molecule has 5 nitrogen and oxygen atoms in total. The average Bonchev–Trinajstić information content (AvgIpc) is 2.74. The zero-order chi connectivity index (χ0) is 21.9. The molecule has 0 aliphatic carbocycles. The lowest BCUT2D eigenvalue weighted by atomic mass is 10.1. The van der Waals surface area contributed by atoms with Gasteiger partial charge in [0.15, 0.2) is 0 Å². The second-order valence-corrected chi connectivity index (χ2v) is 7.90. The third kappa shape index (κ3) is 7.88. The first-order chi connectivity index (χ1) is 14.4. The maximum absolute atomic E-state index is 12.9. The number of rotatable bonds is 11. The van der Waals surface area contributed by atoms with Crippen LogP contribution in [-0.2, 0) is 16.1 Å². The largest absolute Gasteiger partial charge is 0.494 e. The normalized spacial score (nSPS) is 11.6. The van der Waals surface area contributed by atoms with Crippen molar-refractivity contribution in [1.82, 2.24) is 10.2 Å². The minimum atomic E-state index is -0.583. The summed E-state index contributed by atoms with van der Waals surface area (Å²) in [5, 5.41) is 4.10. The van der Waals surface area contributed by atoms with Crippen LogP contribution in [0, 0.1) is 0 Å². The Morgan fingerprint density at radius 2 is 1.83 bits per heavy atom. The number of benzene rings is 2. The third-order valence-electron chi connectivity index (χ3n) is 4.58. The Kier molecular flexibility index (Phi) is 9.98. The molecule has 162 valence electrons. The lowest BCUT2D eigenvalue weighted by Gasteiger charge is -2.29. The first-order valence-electron chi connectivity index (χ1n) is 10.1. The van der Waals surface area contributed by atoms with E-state index in [-0.39, 0.29) is 18.2 Å². The fraction of sp³-hybridized carbons (Fsp3) is 0.391. The molecule has 1 N–H and O–H groups in total. The highest BCUT2D eigenvalue weighted by molar-refractivity contribution is 6.30. The predicted molar refractivity (Wildman–Crippen MR) is 121 cm³/mol. The molecule has 0 saturated heterocycles. The number of halogens is 2. The van der Waals surface area contributed by atoms with Crippen molar-refractivity contribution in [2.24, 2.45) is 0 Å². The molecule has 0 aromatic heterocycles. The van der Waals surface area contributed by atoms with E-state index in [0.717, 1.165) is 12.0 Å². The van der Waals surface area contributed by atoms with Crippen molar-refractivity contribution < 1.29 is 14.3 Å². The highest BCUT2D eigenvalue weighted by Crippen LogP contribution is 2.17. The van der Waals surface area contributed by atoms with Crippen molar-refractivity contribution in [3.63, 3.8) is 0 Å². The van der Waals surface area contributed by atoms with Gasteiger partial charge in [-0.25, -0.2) is 0 Å². The van der Waals surface area contributed by atoms with E-state index in [1.165, 1.54) is 0 Å². The SMILES string of the molecule is CCCNC(=O)C(C)N(Cc1cccc(Cl)c1)C(=O)CCCOc1ccc(Cl)cc1. The molecule has 0 heterocycles. The highest BCUT2D eigenvalue weighted by Gasteiger charge is 2.25. The molecule has 1 atom stereocenters. The van der Waals surface area contributed by atoms with E-state index < -0.39 is 6.04 Å². The molecule has 0 aliphatic heterocycles. The second-order valence-electron chi connectivity index (χ2n) is 7.02. The monoisotopic (exact) mass is 450 g/mol. The van der Waals surface area contributed by atoms with Crippen LogP contribution in [0.25, 0.3) is 0 Å². The van der Waals surface area contributed by atoms with Crippen LogP contribution in [0.15, 0.2) is 48.5 Å². The Hall–Kier alpha value is -2.24. The molecule has 2 rings (SSSR count). The zero-order valence-electron chi connectivity index (χ0n) is 17.4. The van der Waals surface area contributed by atoms with Crippen molar-refractivity contribution in [1.29, 1.82) is 0 Å². The molecule has 0 saturated carbocycles. The van der Waals surface area contributed by atoms with Crippen LogP contribution in [0.3, 0.4) is 0 Å². The Morgan fingerprint density at radius 1 is 1.10 bits per heavy atom. The molecule has 30 heavy (non-hydrogen) atoms. The van der Waals surface area contributed by atoms with Gasteiger partial charge in [0.25, 0.3) is 0 Å². The van der Waals surface area contributed by atoms with E-state index in [1.807, 2.05) is 25.1 Å². The van der Waals surface area contributed by atoms with Crippen molar-refractivity contribution in [3.8, 4) is 5.75 Å². The van der Waals surface area contributed by atoms with Gasteiger partial charge in [-0.15, -0.1) is 0 Å². The lowest BCUT2D eigenvalue weighted by Crippen LogP contribution is -2.47. The fourth-order valence-electron chi connectivity index (χ4n) is 2.90. The van der Waals surface area contributed by atoms with E-state index in [9.17, 15) is 9.59 Å². The standard InChI is InChI=1S/C23H28Cl2N2O3/c1-3-13-26-23(29)17(2)27(16-18-6-4-7-20(25)15-18)22(28)8-5-14-30-21-11-9-19(24)10-12-21/h4,6-7,9-12,15,17H,3,5,8,13-14,16H2,1-2H3,(H,26,29). The number of nitrogens with one attached hydrogen (secondary N) is 1. The fourth-order valence-corrected chi connectivity index (χ4v) is 3.24. The summed E-state index contributed by atoms with van der Waals surface area (Å²) >= 11 is 11.9. The number of hydrogen-bond donors (Lipinski definition) is 1. The van der Waals surface area contributed by atoms with E-state index in [0.29, 0.717) is 41.9 Å². The predicted octanol–water partition coefficient (Wildman–Crippen LogP) is 5.10. The van der Waals surface area contributed by atoms with E-state index in [4.69, 9.17) is 27.9 Å². The van der Waals surface area contributed by atoms with Crippen molar-refractivity contribution in [2.75, 3.05) is 13.2 Å². The number of hydrogen-bond acceptors (Lipinski definition) is 3. The number of ether oxygens (including phenoxy) is 1. The van der Waals surface area contributed by atoms with Crippen LogP contribution >= 0.6 is 23.2 Å². The molecule has 2 aromatic rings. The van der Waals surface area contributed by atoms with E-state index in [1.54, 1.807) is 42.2 Å². The molecule has 2 aromatic carbocycles. The number of carbonyl (C=O) groups excluding carboxylic acids is 2. The number of amides is 2. The smallest absolute Gasteiger partial charge is 0.242 e. The summed E-state index contributed by atoms with van der Waals surface area (Å²) in [6.45, 7) is 5.03. The minimum Gasteiger partial charge on any atom is -0.494 e. The summed E-state index contributed by atoms with van der Waals surface area (Å²) in [4.78, 5) is 27.0. The molecule has 1 unspecified atom stereocenters. The molecule has 0 aliphatic rings. The first-order valence-corrected chi connectivity index (χ1v) is 10.9. The Bertz CT molecular complexity index is 827. The Labute approximate surface area is 188 Å².